The van der Waals surface area contributed by atoms with Gasteiger partial charge in [-0.15, -0.1) is 0 Å². The number of halogens is 2. The average Bonchev–Trinajstić information content (AvgIpc) is 2.39. The molecule has 3 N–H and O–H groups in total. The fourth-order valence-electron chi connectivity index (χ4n) is 1.56. The van der Waals surface area contributed by atoms with Crippen molar-refractivity contribution in [2.45, 2.75) is 6.61 Å². The third kappa shape index (κ3) is 3.32. The molecule has 19 heavy (non-hydrogen) atoms. The second-order valence-corrected chi connectivity index (χ2v) is 4.79. The van der Waals surface area contributed by atoms with Crippen LogP contribution in [0.5, 0.6) is 5.75 Å². The highest BCUT2D eigenvalue weighted by molar-refractivity contribution is 9.10. The molecule has 0 fully saturated rings. The molecule has 5 heteroatoms. The van der Waals surface area contributed by atoms with E-state index in [1.807, 2.05) is 24.3 Å². The zero-order chi connectivity index (χ0) is 13.8. The maximum absolute atomic E-state index is 13.7. The molecule has 0 bridgehead atoms. The number of nitrogens with one attached hydrogen (secondary N) is 1. The fourth-order valence-corrected chi connectivity index (χ4v) is 1.96. The van der Waals surface area contributed by atoms with Crippen molar-refractivity contribution in [2.24, 2.45) is 5.73 Å². The molecule has 3 nitrogen and oxygen atoms in total. The van der Waals surface area contributed by atoms with Crippen molar-refractivity contribution in [1.29, 1.82) is 5.41 Å². The van der Waals surface area contributed by atoms with Gasteiger partial charge in [0.15, 0.2) is 11.6 Å². The van der Waals surface area contributed by atoms with Gasteiger partial charge >= 0.3 is 0 Å². The third-order valence-electron chi connectivity index (χ3n) is 2.58. The number of nitrogens with two attached hydrogens (primary N) is 1. The van der Waals surface area contributed by atoms with Crippen LogP contribution in [0.4, 0.5) is 4.39 Å². The van der Waals surface area contributed by atoms with E-state index in [0.717, 1.165) is 10.0 Å². The van der Waals surface area contributed by atoms with Gasteiger partial charge in [-0.2, -0.15) is 0 Å². The highest BCUT2D eigenvalue weighted by Gasteiger charge is 2.07. The van der Waals surface area contributed by atoms with Crippen molar-refractivity contribution in [3.63, 3.8) is 0 Å². The van der Waals surface area contributed by atoms with Gasteiger partial charge in [-0.3, -0.25) is 5.41 Å². The predicted molar refractivity (Wildman–Crippen MR) is 75.9 cm³/mol. The molecule has 0 amide bonds. The molecule has 0 saturated heterocycles. The zero-order valence-corrected chi connectivity index (χ0v) is 11.6. The summed E-state index contributed by atoms with van der Waals surface area (Å²) in [5.41, 5.74) is 6.55. The summed E-state index contributed by atoms with van der Waals surface area (Å²) in [6.45, 7) is 0.262. The van der Waals surface area contributed by atoms with Crippen LogP contribution < -0.4 is 10.5 Å². The van der Waals surface area contributed by atoms with Crippen LogP contribution in [0.25, 0.3) is 0 Å². The maximum Gasteiger partial charge on any atom is 0.165 e. The number of benzene rings is 2. The van der Waals surface area contributed by atoms with Crippen molar-refractivity contribution >= 4 is 21.8 Å². The summed E-state index contributed by atoms with van der Waals surface area (Å²) in [4.78, 5) is 0. The molecule has 0 heterocycles. The summed E-state index contributed by atoms with van der Waals surface area (Å²) in [5.74, 6) is -0.559. The first-order chi connectivity index (χ1) is 9.08. The second kappa shape index (κ2) is 5.84. The van der Waals surface area contributed by atoms with E-state index in [-0.39, 0.29) is 18.2 Å². The lowest BCUT2D eigenvalue weighted by molar-refractivity contribution is 0.289. The van der Waals surface area contributed by atoms with Gasteiger partial charge in [-0.1, -0.05) is 34.1 Å². The summed E-state index contributed by atoms with van der Waals surface area (Å²) in [6, 6.07) is 11.8. The molecule has 0 unspecified atom stereocenters. The highest BCUT2D eigenvalue weighted by atomic mass is 79.9. The molecular formula is C14H12BrFN2O. The van der Waals surface area contributed by atoms with Crippen LogP contribution in [0, 0.1) is 11.2 Å². The molecule has 98 valence electrons. The third-order valence-corrected chi connectivity index (χ3v) is 3.36. The SMILES string of the molecule is N=C(N)c1ccc(OCc2ccccc2Br)c(F)c1. The molecule has 0 radical (unpaired) electrons. The Morgan fingerprint density at radius 3 is 2.63 bits per heavy atom. The van der Waals surface area contributed by atoms with E-state index in [4.69, 9.17) is 15.9 Å². The van der Waals surface area contributed by atoms with Gasteiger partial charge in [0, 0.05) is 15.6 Å². The van der Waals surface area contributed by atoms with Crippen molar-refractivity contribution in [3.05, 3.63) is 63.9 Å². The normalized spacial score (nSPS) is 10.2. The summed E-state index contributed by atoms with van der Waals surface area (Å²) < 4.78 is 20.1. The van der Waals surface area contributed by atoms with E-state index in [1.54, 1.807) is 6.07 Å². The van der Waals surface area contributed by atoms with E-state index < -0.39 is 5.82 Å². The standard InChI is InChI=1S/C14H12BrFN2O/c15-11-4-2-1-3-10(11)8-19-13-6-5-9(14(17)18)7-12(13)16/h1-7H,8H2,(H3,17,18). The minimum Gasteiger partial charge on any atom is -0.486 e. The predicted octanol–water partition coefficient (Wildman–Crippen LogP) is 3.45. The molecule has 0 spiro atoms. The number of hydrogen-bond acceptors (Lipinski definition) is 2. The Balaban J connectivity index is 2.12. The van der Waals surface area contributed by atoms with Crippen molar-refractivity contribution < 1.29 is 9.13 Å². The second-order valence-electron chi connectivity index (χ2n) is 3.94. The molecule has 0 aliphatic carbocycles. The average molecular weight is 323 g/mol. The Morgan fingerprint density at radius 2 is 2.00 bits per heavy atom. The summed E-state index contributed by atoms with van der Waals surface area (Å²) in [7, 11) is 0. The molecule has 0 aliphatic heterocycles. The fraction of sp³-hybridized carbons (Fsp3) is 0.0714. The number of nitrogen functional groups attached to an aromatic ring is 1. The van der Waals surface area contributed by atoms with Gasteiger partial charge in [-0.05, 0) is 24.3 Å². The van der Waals surface area contributed by atoms with Crippen molar-refractivity contribution in [3.8, 4) is 5.75 Å². The first-order valence-corrected chi connectivity index (χ1v) is 6.37. The van der Waals surface area contributed by atoms with Crippen LogP contribution >= 0.6 is 15.9 Å². The van der Waals surface area contributed by atoms with E-state index >= 15 is 0 Å². The van der Waals surface area contributed by atoms with Gasteiger partial charge in [-0.25, -0.2) is 4.39 Å². The van der Waals surface area contributed by atoms with Gasteiger partial charge in [0.1, 0.15) is 12.4 Å². The van der Waals surface area contributed by atoms with Crippen LogP contribution in [0.3, 0.4) is 0 Å². The lowest BCUT2D eigenvalue weighted by atomic mass is 10.2. The Hall–Kier alpha value is -1.88. The van der Waals surface area contributed by atoms with Gasteiger partial charge < -0.3 is 10.5 Å². The smallest absolute Gasteiger partial charge is 0.165 e. The van der Waals surface area contributed by atoms with Crippen molar-refractivity contribution in [1.82, 2.24) is 0 Å². The van der Waals surface area contributed by atoms with Crippen LogP contribution in [0.15, 0.2) is 46.9 Å². The van der Waals surface area contributed by atoms with Crippen LogP contribution in [0.2, 0.25) is 0 Å². The molecule has 0 saturated carbocycles. The van der Waals surface area contributed by atoms with Gasteiger partial charge in [0.05, 0.1) is 0 Å². The molecular weight excluding hydrogens is 311 g/mol. The monoisotopic (exact) mass is 322 g/mol. The largest absolute Gasteiger partial charge is 0.486 e. The maximum atomic E-state index is 13.7. The van der Waals surface area contributed by atoms with Crippen LogP contribution in [0.1, 0.15) is 11.1 Å². The minimum absolute atomic E-state index is 0.140. The quantitative estimate of drug-likeness (QED) is 0.669. The number of amidine groups is 1. The zero-order valence-electron chi connectivity index (χ0n) is 9.99. The molecule has 0 atom stereocenters. The summed E-state index contributed by atoms with van der Waals surface area (Å²) in [6.07, 6.45) is 0. The summed E-state index contributed by atoms with van der Waals surface area (Å²) in [5, 5.41) is 7.23. The Morgan fingerprint density at radius 1 is 1.26 bits per heavy atom. The van der Waals surface area contributed by atoms with Crippen molar-refractivity contribution in [2.75, 3.05) is 0 Å². The lowest BCUT2D eigenvalue weighted by Crippen LogP contribution is -2.11. The Labute approximate surface area is 118 Å². The van der Waals surface area contributed by atoms with Gasteiger partial charge in [0.2, 0.25) is 0 Å². The molecule has 2 rings (SSSR count). The highest BCUT2D eigenvalue weighted by Crippen LogP contribution is 2.22. The van der Waals surface area contributed by atoms with E-state index in [0.29, 0.717) is 5.56 Å². The number of rotatable bonds is 4. The van der Waals surface area contributed by atoms with E-state index in [1.165, 1.54) is 12.1 Å². The minimum atomic E-state index is -0.528. The Bertz CT molecular complexity index is 616. The number of ether oxygens (including phenoxy) is 1. The lowest BCUT2D eigenvalue weighted by Gasteiger charge is -2.09. The van der Waals surface area contributed by atoms with Crippen LogP contribution in [-0.4, -0.2) is 5.84 Å². The topological polar surface area (TPSA) is 59.1 Å². The molecule has 2 aromatic rings. The molecule has 2 aromatic carbocycles. The first kappa shape index (κ1) is 13.5. The summed E-state index contributed by atoms with van der Waals surface area (Å²) >= 11 is 3.40. The first-order valence-electron chi connectivity index (χ1n) is 5.58. The Kier molecular flexibility index (Phi) is 4.16. The van der Waals surface area contributed by atoms with Crippen LogP contribution in [-0.2, 0) is 6.61 Å². The van der Waals surface area contributed by atoms with Gasteiger partial charge in [0.25, 0.3) is 0 Å². The molecule has 0 aromatic heterocycles. The number of hydrogen-bond donors (Lipinski definition) is 2. The van der Waals surface area contributed by atoms with E-state index in [9.17, 15) is 4.39 Å². The van der Waals surface area contributed by atoms with E-state index in [2.05, 4.69) is 15.9 Å². The molecule has 0 aliphatic rings.